The SMILES string of the molecule is c1ccc(NC2COC3(CCN(CC4CC4)CC3)C2)nc1. The van der Waals surface area contributed by atoms with Crippen LogP contribution in [0.25, 0.3) is 0 Å². The summed E-state index contributed by atoms with van der Waals surface area (Å²) in [6, 6.07) is 6.42. The summed E-state index contributed by atoms with van der Waals surface area (Å²) in [5.41, 5.74) is 0.131. The highest BCUT2D eigenvalue weighted by Gasteiger charge is 2.43. The number of hydrogen-bond donors (Lipinski definition) is 1. The molecule has 1 saturated carbocycles. The Labute approximate surface area is 126 Å². The van der Waals surface area contributed by atoms with Crippen LogP contribution in [0.3, 0.4) is 0 Å². The first kappa shape index (κ1) is 13.5. The largest absolute Gasteiger partial charge is 0.373 e. The van der Waals surface area contributed by atoms with Gasteiger partial charge in [-0.1, -0.05) is 6.07 Å². The van der Waals surface area contributed by atoms with E-state index >= 15 is 0 Å². The molecule has 0 amide bonds. The van der Waals surface area contributed by atoms with E-state index in [0.29, 0.717) is 6.04 Å². The zero-order valence-corrected chi connectivity index (χ0v) is 12.6. The van der Waals surface area contributed by atoms with Gasteiger partial charge in [0.05, 0.1) is 18.2 Å². The summed E-state index contributed by atoms with van der Waals surface area (Å²) in [4.78, 5) is 7.00. The molecule has 1 spiro atoms. The first-order chi connectivity index (χ1) is 10.3. The van der Waals surface area contributed by atoms with Gasteiger partial charge in [-0.3, -0.25) is 0 Å². The Morgan fingerprint density at radius 3 is 2.86 bits per heavy atom. The van der Waals surface area contributed by atoms with Crippen molar-refractivity contribution in [2.75, 3.05) is 31.6 Å². The summed E-state index contributed by atoms with van der Waals surface area (Å²) < 4.78 is 6.22. The molecule has 0 aromatic carbocycles. The Morgan fingerprint density at radius 2 is 2.14 bits per heavy atom. The van der Waals surface area contributed by atoms with Crippen molar-refractivity contribution in [2.24, 2.45) is 5.92 Å². The highest BCUT2D eigenvalue weighted by atomic mass is 16.5. The standard InChI is InChI=1S/C17H25N3O/c1-2-8-18-16(3-1)19-15-11-17(21-13-15)6-9-20(10-7-17)12-14-4-5-14/h1-3,8,14-15H,4-7,9-13H2,(H,18,19). The fourth-order valence-corrected chi connectivity index (χ4v) is 3.75. The Bertz CT molecular complexity index is 466. The quantitative estimate of drug-likeness (QED) is 0.923. The van der Waals surface area contributed by atoms with E-state index in [4.69, 9.17) is 4.74 Å². The van der Waals surface area contributed by atoms with Crippen LogP contribution in [0, 0.1) is 5.92 Å². The maximum absolute atomic E-state index is 6.22. The molecule has 3 aliphatic rings. The van der Waals surface area contributed by atoms with Gasteiger partial charge in [-0.05, 0) is 50.2 Å². The summed E-state index contributed by atoms with van der Waals surface area (Å²) >= 11 is 0. The average Bonchev–Trinajstić information content (AvgIpc) is 3.25. The van der Waals surface area contributed by atoms with Crippen molar-refractivity contribution in [1.82, 2.24) is 9.88 Å². The Kier molecular flexibility index (Phi) is 3.59. The predicted octanol–water partition coefficient (Wildman–Crippen LogP) is 2.53. The smallest absolute Gasteiger partial charge is 0.126 e. The molecule has 2 saturated heterocycles. The van der Waals surface area contributed by atoms with Gasteiger partial charge in [-0.15, -0.1) is 0 Å². The zero-order valence-electron chi connectivity index (χ0n) is 12.6. The minimum Gasteiger partial charge on any atom is -0.373 e. The fraction of sp³-hybridized carbons (Fsp3) is 0.706. The molecule has 1 aromatic heterocycles. The number of rotatable bonds is 4. The van der Waals surface area contributed by atoms with Gasteiger partial charge in [0.25, 0.3) is 0 Å². The number of piperidine rings is 1. The van der Waals surface area contributed by atoms with Crippen molar-refractivity contribution in [3.63, 3.8) is 0 Å². The topological polar surface area (TPSA) is 37.4 Å². The number of ether oxygens (including phenoxy) is 1. The van der Waals surface area contributed by atoms with Crippen molar-refractivity contribution in [3.05, 3.63) is 24.4 Å². The lowest BCUT2D eigenvalue weighted by Gasteiger charge is -2.38. The minimum atomic E-state index is 0.131. The fourth-order valence-electron chi connectivity index (χ4n) is 3.75. The molecule has 0 bridgehead atoms. The van der Waals surface area contributed by atoms with Crippen molar-refractivity contribution in [3.8, 4) is 0 Å². The van der Waals surface area contributed by atoms with E-state index in [1.54, 1.807) is 0 Å². The number of nitrogens with one attached hydrogen (secondary N) is 1. The van der Waals surface area contributed by atoms with Gasteiger partial charge < -0.3 is 15.0 Å². The van der Waals surface area contributed by atoms with E-state index in [0.717, 1.165) is 24.8 Å². The predicted molar refractivity (Wildman–Crippen MR) is 83.3 cm³/mol. The van der Waals surface area contributed by atoms with Crippen molar-refractivity contribution < 1.29 is 4.74 Å². The molecule has 0 radical (unpaired) electrons. The molecule has 21 heavy (non-hydrogen) atoms. The Balaban J connectivity index is 1.29. The second kappa shape index (κ2) is 5.58. The van der Waals surface area contributed by atoms with Gasteiger partial charge in [-0.2, -0.15) is 0 Å². The van der Waals surface area contributed by atoms with Crippen LogP contribution in [0.5, 0.6) is 0 Å². The van der Waals surface area contributed by atoms with Gasteiger partial charge in [0, 0.05) is 25.8 Å². The molecule has 4 nitrogen and oxygen atoms in total. The lowest BCUT2D eigenvalue weighted by Crippen LogP contribution is -2.45. The van der Waals surface area contributed by atoms with Gasteiger partial charge in [-0.25, -0.2) is 4.98 Å². The summed E-state index contributed by atoms with van der Waals surface area (Å²) in [6.07, 6.45) is 8.26. The van der Waals surface area contributed by atoms with Gasteiger partial charge in [0.1, 0.15) is 5.82 Å². The summed E-state index contributed by atoms with van der Waals surface area (Å²) in [5, 5.41) is 3.52. The molecule has 4 heteroatoms. The summed E-state index contributed by atoms with van der Waals surface area (Å²) in [7, 11) is 0. The average molecular weight is 287 g/mol. The number of hydrogen-bond acceptors (Lipinski definition) is 4. The first-order valence-electron chi connectivity index (χ1n) is 8.35. The second-order valence-electron chi connectivity index (χ2n) is 7.00. The van der Waals surface area contributed by atoms with Gasteiger partial charge >= 0.3 is 0 Å². The van der Waals surface area contributed by atoms with Crippen LogP contribution >= 0.6 is 0 Å². The Morgan fingerprint density at radius 1 is 1.29 bits per heavy atom. The highest BCUT2D eigenvalue weighted by molar-refractivity contribution is 5.35. The minimum absolute atomic E-state index is 0.131. The normalized spacial score (nSPS) is 28.9. The molecule has 3 heterocycles. The molecule has 2 aliphatic heterocycles. The second-order valence-corrected chi connectivity index (χ2v) is 7.00. The van der Waals surface area contributed by atoms with E-state index in [1.807, 2.05) is 24.4 Å². The number of aromatic nitrogens is 1. The van der Waals surface area contributed by atoms with Crippen LogP contribution in [-0.4, -0.2) is 47.8 Å². The van der Waals surface area contributed by atoms with Crippen LogP contribution < -0.4 is 5.32 Å². The van der Waals surface area contributed by atoms with Gasteiger partial charge in [0.2, 0.25) is 0 Å². The zero-order chi connectivity index (χ0) is 14.1. The van der Waals surface area contributed by atoms with E-state index in [-0.39, 0.29) is 5.60 Å². The number of likely N-dealkylation sites (tertiary alicyclic amines) is 1. The van der Waals surface area contributed by atoms with E-state index in [1.165, 1.54) is 45.3 Å². The number of anilines is 1. The third-order valence-electron chi connectivity index (χ3n) is 5.21. The maximum Gasteiger partial charge on any atom is 0.126 e. The van der Waals surface area contributed by atoms with Crippen LogP contribution in [0.1, 0.15) is 32.1 Å². The van der Waals surface area contributed by atoms with Crippen LogP contribution in [0.4, 0.5) is 5.82 Å². The third kappa shape index (κ3) is 3.22. The third-order valence-corrected chi connectivity index (χ3v) is 5.21. The number of nitrogens with zero attached hydrogens (tertiary/aromatic N) is 2. The van der Waals surface area contributed by atoms with Crippen LogP contribution in [0.15, 0.2) is 24.4 Å². The molecular formula is C17H25N3O. The maximum atomic E-state index is 6.22. The highest BCUT2D eigenvalue weighted by Crippen LogP contribution is 2.38. The van der Waals surface area contributed by atoms with Gasteiger partial charge in [0.15, 0.2) is 0 Å². The Hall–Kier alpha value is -1.13. The molecular weight excluding hydrogens is 262 g/mol. The van der Waals surface area contributed by atoms with E-state index in [2.05, 4.69) is 15.2 Å². The molecule has 114 valence electrons. The van der Waals surface area contributed by atoms with Crippen molar-refractivity contribution in [1.29, 1.82) is 0 Å². The molecule has 1 N–H and O–H groups in total. The molecule has 4 rings (SSSR count). The lowest BCUT2D eigenvalue weighted by molar-refractivity contribution is -0.0440. The summed E-state index contributed by atoms with van der Waals surface area (Å²) in [6.45, 7) is 4.57. The molecule has 1 atom stereocenters. The molecule has 3 fully saturated rings. The van der Waals surface area contributed by atoms with E-state index < -0.39 is 0 Å². The lowest BCUT2D eigenvalue weighted by atomic mass is 9.87. The van der Waals surface area contributed by atoms with Crippen LogP contribution in [0.2, 0.25) is 0 Å². The van der Waals surface area contributed by atoms with Crippen LogP contribution in [-0.2, 0) is 4.74 Å². The first-order valence-corrected chi connectivity index (χ1v) is 8.35. The van der Waals surface area contributed by atoms with Crippen molar-refractivity contribution in [2.45, 2.75) is 43.7 Å². The monoisotopic (exact) mass is 287 g/mol. The van der Waals surface area contributed by atoms with E-state index in [9.17, 15) is 0 Å². The molecule has 1 unspecified atom stereocenters. The molecule has 1 aromatic rings. The van der Waals surface area contributed by atoms with Crippen molar-refractivity contribution >= 4 is 5.82 Å². The summed E-state index contributed by atoms with van der Waals surface area (Å²) in [5.74, 6) is 1.97. The molecule has 1 aliphatic carbocycles. The number of pyridine rings is 1.